The second-order valence-corrected chi connectivity index (χ2v) is 17.8. The number of ether oxygens (including phenoxy) is 6. The van der Waals surface area contributed by atoms with Gasteiger partial charge in [-0.2, -0.15) is 0 Å². The van der Waals surface area contributed by atoms with Crippen molar-refractivity contribution < 1.29 is 58.0 Å². The normalized spacial score (nSPS) is 21.3. The predicted molar refractivity (Wildman–Crippen MR) is 266 cm³/mol. The number of nitrogens with zero attached hydrogens (tertiary/aromatic N) is 3. The van der Waals surface area contributed by atoms with Gasteiger partial charge in [0.15, 0.2) is 0 Å². The van der Waals surface area contributed by atoms with Crippen molar-refractivity contribution in [1.82, 2.24) is 4.90 Å². The summed E-state index contributed by atoms with van der Waals surface area (Å²) in [5, 5.41) is 39.1. The fourth-order valence-electron chi connectivity index (χ4n) is 10.2. The number of nitro benzene ring substituents is 1. The third kappa shape index (κ3) is 12.2. The molecule has 1 heterocycles. The van der Waals surface area contributed by atoms with Gasteiger partial charge >= 0.3 is 12.2 Å². The van der Waals surface area contributed by atoms with Crippen LogP contribution in [0.25, 0.3) is 0 Å². The zero-order valence-corrected chi connectivity index (χ0v) is 40.5. The van der Waals surface area contributed by atoms with Gasteiger partial charge in [-0.3, -0.25) is 20.3 Å². The molecular weight excluding hydrogens is 913 g/mol. The zero-order valence-electron chi connectivity index (χ0n) is 40.5. The molecule has 2 amide bonds. The second-order valence-electron chi connectivity index (χ2n) is 17.8. The van der Waals surface area contributed by atoms with E-state index in [1.807, 2.05) is 43.3 Å². The molecular formula is C54H64N4O13. The smallest absolute Gasteiger partial charge is 0.417 e. The summed E-state index contributed by atoms with van der Waals surface area (Å²) in [7, 11) is 3.02. The van der Waals surface area contributed by atoms with Crippen LogP contribution in [0.3, 0.4) is 0 Å². The van der Waals surface area contributed by atoms with E-state index < -0.39 is 40.8 Å². The summed E-state index contributed by atoms with van der Waals surface area (Å²) in [4.78, 5) is 47.1. The molecule has 71 heavy (non-hydrogen) atoms. The Hall–Kier alpha value is -6.95. The molecule has 0 spiro atoms. The van der Waals surface area contributed by atoms with Crippen molar-refractivity contribution in [2.45, 2.75) is 89.3 Å². The molecule has 1 saturated carbocycles. The molecule has 0 bridgehead atoms. The third-order valence-corrected chi connectivity index (χ3v) is 13.3. The van der Waals surface area contributed by atoms with E-state index in [0.717, 1.165) is 23.1 Å². The number of nitro groups is 1. The zero-order chi connectivity index (χ0) is 50.3. The first kappa shape index (κ1) is 51.9. The van der Waals surface area contributed by atoms with E-state index in [1.54, 1.807) is 53.4 Å². The van der Waals surface area contributed by atoms with E-state index >= 15 is 0 Å². The third-order valence-electron chi connectivity index (χ3n) is 13.3. The number of allylic oxidation sites excluding steroid dienone is 1. The number of hydrogen-bond acceptors (Lipinski definition) is 14. The van der Waals surface area contributed by atoms with Crippen molar-refractivity contribution in [3.8, 4) is 23.0 Å². The standard InChI is InChI=1S/C54H64N4O13/c1-5-26-57(53(62)67-34-36-14-8-7-9-15-36)49-33-46(56-69-35-37-18-20-39(21-19-37)58(63)64)43-30-38(16-10-12-27-59)42(17-11-13-28-60)50-44-31-41(23-25-47(44)71-54(49,51(43)50)68-29-6-2)70-52(61)55-45-24-22-40(65-3)32-48(45)66-4/h6-9,14-15,18-25,30-32,38,42,49-51,59-60H,2,5,10-13,16-17,26-29,33-35H2,1,3-4H3,(H,55,61). The Kier molecular flexibility index (Phi) is 18.1. The van der Waals surface area contributed by atoms with Gasteiger partial charge in [0.25, 0.3) is 5.69 Å². The first-order valence-electron chi connectivity index (χ1n) is 24.2. The maximum atomic E-state index is 14.7. The maximum absolute atomic E-state index is 14.7. The summed E-state index contributed by atoms with van der Waals surface area (Å²) >= 11 is 0. The van der Waals surface area contributed by atoms with Crippen molar-refractivity contribution in [3.05, 3.63) is 142 Å². The van der Waals surface area contributed by atoms with Crippen LogP contribution in [-0.4, -0.2) is 90.3 Å². The number of methoxy groups -OCH3 is 2. The Bertz CT molecular complexity index is 2520. The van der Waals surface area contributed by atoms with Crippen LogP contribution in [0.2, 0.25) is 0 Å². The largest absolute Gasteiger partial charge is 0.497 e. The number of amides is 2. The van der Waals surface area contributed by atoms with Gasteiger partial charge in [-0.1, -0.05) is 67.4 Å². The minimum absolute atomic E-state index is 0.00234. The van der Waals surface area contributed by atoms with Crippen LogP contribution >= 0.6 is 0 Å². The predicted octanol–water partition coefficient (Wildman–Crippen LogP) is 10.1. The Labute approximate surface area is 414 Å². The number of nitrogens with one attached hydrogen (secondary N) is 1. The monoisotopic (exact) mass is 976 g/mol. The number of non-ortho nitro benzene ring substituents is 1. The quantitative estimate of drug-likeness (QED) is 0.0259. The maximum Gasteiger partial charge on any atom is 0.417 e. The Morgan fingerprint density at radius 2 is 1.66 bits per heavy atom. The molecule has 17 nitrogen and oxygen atoms in total. The van der Waals surface area contributed by atoms with Crippen LogP contribution in [0, 0.1) is 27.9 Å². The molecule has 1 aliphatic heterocycles. The van der Waals surface area contributed by atoms with Crippen LogP contribution in [-0.2, 0) is 27.5 Å². The molecule has 1 fully saturated rings. The number of oxime groups is 1. The van der Waals surface area contributed by atoms with Gasteiger partial charge in [-0.25, -0.2) is 9.59 Å². The minimum atomic E-state index is -1.56. The van der Waals surface area contributed by atoms with Gasteiger partial charge in [0.2, 0.25) is 5.79 Å². The first-order chi connectivity index (χ1) is 34.6. The molecule has 3 N–H and O–H groups in total. The number of benzene rings is 4. The van der Waals surface area contributed by atoms with E-state index in [-0.39, 0.29) is 69.3 Å². The summed E-state index contributed by atoms with van der Waals surface area (Å²) in [6.07, 6.45) is 7.18. The van der Waals surface area contributed by atoms with Crippen LogP contribution < -0.4 is 24.3 Å². The molecule has 6 unspecified atom stereocenters. The summed E-state index contributed by atoms with van der Waals surface area (Å²) in [5.74, 6) is -1.19. The van der Waals surface area contributed by atoms with Crippen molar-refractivity contribution >= 4 is 29.3 Å². The van der Waals surface area contributed by atoms with Crippen molar-refractivity contribution in [2.24, 2.45) is 22.9 Å². The topological polar surface area (TPSA) is 210 Å². The van der Waals surface area contributed by atoms with Gasteiger partial charge in [-0.15, -0.1) is 6.58 Å². The Morgan fingerprint density at radius 3 is 2.35 bits per heavy atom. The molecule has 7 rings (SSSR count). The number of aliphatic hydroxyl groups excluding tert-OH is 2. The highest BCUT2D eigenvalue weighted by atomic mass is 16.7. The number of unbranched alkanes of at least 4 members (excludes halogenated alkanes) is 2. The van der Waals surface area contributed by atoms with Crippen molar-refractivity contribution in [2.75, 3.05) is 45.9 Å². The molecule has 378 valence electrons. The highest BCUT2D eigenvalue weighted by molar-refractivity contribution is 6.03. The van der Waals surface area contributed by atoms with Crippen molar-refractivity contribution in [3.63, 3.8) is 0 Å². The fourth-order valence-corrected chi connectivity index (χ4v) is 10.2. The molecule has 0 saturated heterocycles. The van der Waals surface area contributed by atoms with Crippen LogP contribution in [0.15, 0.2) is 120 Å². The van der Waals surface area contributed by atoms with Crippen LogP contribution in [0.4, 0.5) is 21.0 Å². The molecule has 2 aliphatic carbocycles. The number of aliphatic hydroxyl groups is 2. The van der Waals surface area contributed by atoms with Gasteiger partial charge in [0.05, 0.1) is 43.1 Å². The van der Waals surface area contributed by atoms with E-state index in [1.165, 1.54) is 26.4 Å². The average Bonchev–Trinajstić information content (AvgIpc) is 3.38. The minimum Gasteiger partial charge on any atom is -0.497 e. The van der Waals surface area contributed by atoms with Gasteiger partial charge in [0.1, 0.15) is 42.3 Å². The summed E-state index contributed by atoms with van der Waals surface area (Å²) in [6.45, 7) is 6.37. The lowest BCUT2D eigenvalue weighted by atomic mass is 9.55. The lowest BCUT2D eigenvalue weighted by Gasteiger charge is -2.59. The van der Waals surface area contributed by atoms with Crippen molar-refractivity contribution in [1.29, 1.82) is 0 Å². The summed E-state index contributed by atoms with van der Waals surface area (Å²) < 4.78 is 37.3. The lowest BCUT2D eigenvalue weighted by Crippen LogP contribution is -2.70. The van der Waals surface area contributed by atoms with Crippen LogP contribution in [0.1, 0.15) is 80.9 Å². The van der Waals surface area contributed by atoms with Gasteiger partial charge in [0, 0.05) is 55.9 Å². The number of rotatable bonds is 24. The number of hydrogen-bond donors (Lipinski definition) is 3. The molecule has 6 atom stereocenters. The molecule has 4 aromatic carbocycles. The lowest BCUT2D eigenvalue weighted by molar-refractivity contribution is -0.384. The Morgan fingerprint density at radius 1 is 0.930 bits per heavy atom. The Balaban J connectivity index is 1.38. The van der Waals surface area contributed by atoms with Gasteiger partial charge in [-0.05, 0) is 103 Å². The average molecular weight is 977 g/mol. The molecule has 17 heteroatoms. The van der Waals surface area contributed by atoms with E-state index in [9.17, 15) is 29.9 Å². The number of carbonyl (C=O) groups excluding carboxylic acids is 2. The highest BCUT2D eigenvalue weighted by Crippen LogP contribution is 2.62. The molecule has 4 aromatic rings. The highest BCUT2D eigenvalue weighted by Gasteiger charge is 2.65. The molecule has 0 radical (unpaired) electrons. The van der Waals surface area contributed by atoms with E-state index in [0.29, 0.717) is 72.7 Å². The van der Waals surface area contributed by atoms with Crippen LogP contribution in [0.5, 0.6) is 23.0 Å². The SMILES string of the molecule is C=CCOC12Oc3ccc(OC(=O)Nc4ccc(OC)cc4OC)cc3C3C(CCCCO)C(CCCCO)C=C(C(=NOCc4ccc([N+](=O)[O-])cc4)CC1N(CCC)C(=O)OCc1ccccc1)C32. The number of carbonyl (C=O) groups is 2. The first-order valence-corrected chi connectivity index (χ1v) is 24.2. The van der Waals surface area contributed by atoms with E-state index in [2.05, 4.69) is 18.0 Å². The second kappa shape index (κ2) is 24.7. The number of anilines is 1. The summed E-state index contributed by atoms with van der Waals surface area (Å²) in [5.41, 5.74) is 3.88. The number of fused-ring (bicyclic) bond motifs is 2. The fraction of sp³-hybridized carbons (Fsp3) is 0.426. The molecule has 0 aromatic heterocycles. The molecule has 3 aliphatic rings. The summed E-state index contributed by atoms with van der Waals surface area (Å²) in [6, 6.07) is 24.8. The van der Waals surface area contributed by atoms with Gasteiger partial charge < -0.3 is 43.5 Å². The van der Waals surface area contributed by atoms with E-state index in [4.69, 9.17) is 38.4 Å².